The van der Waals surface area contributed by atoms with Crippen LogP contribution in [0.2, 0.25) is 0 Å². The van der Waals surface area contributed by atoms with E-state index in [1.807, 2.05) is 6.92 Å². The zero-order valence-corrected chi connectivity index (χ0v) is 11.3. The van der Waals surface area contributed by atoms with Crippen molar-refractivity contribution >= 4 is 23.3 Å². The number of likely N-dealkylation sites (N-methyl/N-ethyl adjacent to an activating group) is 1. The van der Waals surface area contributed by atoms with Crippen molar-refractivity contribution in [2.24, 2.45) is 0 Å². The van der Waals surface area contributed by atoms with Gasteiger partial charge in [0.15, 0.2) is 11.5 Å². The van der Waals surface area contributed by atoms with Crippen LogP contribution < -0.4 is 10.6 Å². The molecule has 7 nitrogen and oxygen atoms in total. The Hall–Kier alpha value is -2.57. The molecule has 1 atom stereocenters. The van der Waals surface area contributed by atoms with Crippen LogP contribution in [0.1, 0.15) is 24.3 Å². The molecule has 0 spiro atoms. The number of aromatic carboxylic acids is 1. The predicted octanol–water partition coefficient (Wildman–Crippen LogP) is 0.969. The summed E-state index contributed by atoms with van der Waals surface area (Å²) in [6, 6.07) is 4.62. The standard InChI is InChI=1S/C13H16N4O3/c1-3-14-12(18)8(2)15-11-10(13(19)20)17-7-5-4-6-9(17)16-11/h4-8,15H,3H2,1-2H3,(H,14,18)(H,19,20). The number of carboxylic acids is 1. The van der Waals surface area contributed by atoms with Crippen LogP contribution in [0.25, 0.3) is 5.65 Å². The van der Waals surface area contributed by atoms with E-state index in [4.69, 9.17) is 0 Å². The molecule has 20 heavy (non-hydrogen) atoms. The highest BCUT2D eigenvalue weighted by Gasteiger charge is 2.21. The molecule has 1 unspecified atom stereocenters. The first-order valence-corrected chi connectivity index (χ1v) is 6.29. The molecule has 2 rings (SSSR count). The number of hydrogen-bond acceptors (Lipinski definition) is 4. The maximum atomic E-state index is 11.7. The number of pyridine rings is 1. The molecule has 3 N–H and O–H groups in total. The molecular weight excluding hydrogens is 260 g/mol. The lowest BCUT2D eigenvalue weighted by atomic mass is 10.3. The maximum absolute atomic E-state index is 11.7. The molecule has 2 heterocycles. The molecule has 1 amide bonds. The summed E-state index contributed by atoms with van der Waals surface area (Å²) >= 11 is 0. The van der Waals surface area contributed by atoms with Crippen molar-refractivity contribution in [3.05, 3.63) is 30.1 Å². The van der Waals surface area contributed by atoms with Crippen molar-refractivity contribution in [1.82, 2.24) is 14.7 Å². The van der Waals surface area contributed by atoms with Gasteiger partial charge in [0.05, 0.1) is 0 Å². The summed E-state index contributed by atoms with van der Waals surface area (Å²) in [7, 11) is 0. The number of aromatic nitrogens is 2. The van der Waals surface area contributed by atoms with Crippen molar-refractivity contribution in [2.45, 2.75) is 19.9 Å². The molecule has 0 fully saturated rings. The second-order valence-electron chi connectivity index (χ2n) is 4.30. The van der Waals surface area contributed by atoms with Gasteiger partial charge in [-0.3, -0.25) is 9.20 Å². The number of carbonyl (C=O) groups is 2. The Balaban J connectivity index is 2.36. The summed E-state index contributed by atoms with van der Waals surface area (Å²) in [6.45, 7) is 3.99. The molecule has 2 aromatic rings. The normalized spacial score (nSPS) is 12.1. The third kappa shape index (κ3) is 2.56. The van der Waals surface area contributed by atoms with E-state index >= 15 is 0 Å². The molecule has 2 aromatic heterocycles. The minimum absolute atomic E-state index is 0.0109. The fourth-order valence-corrected chi connectivity index (χ4v) is 1.90. The van der Waals surface area contributed by atoms with E-state index in [-0.39, 0.29) is 17.4 Å². The van der Waals surface area contributed by atoms with Gasteiger partial charge in [-0.2, -0.15) is 0 Å². The maximum Gasteiger partial charge on any atom is 0.356 e. The van der Waals surface area contributed by atoms with E-state index in [9.17, 15) is 14.7 Å². The van der Waals surface area contributed by atoms with Gasteiger partial charge in [0, 0.05) is 12.7 Å². The van der Waals surface area contributed by atoms with E-state index < -0.39 is 12.0 Å². The van der Waals surface area contributed by atoms with Crippen LogP contribution in [0.5, 0.6) is 0 Å². The Morgan fingerprint density at radius 2 is 2.20 bits per heavy atom. The average molecular weight is 276 g/mol. The summed E-state index contributed by atoms with van der Waals surface area (Å²) in [6.07, 6.45) is 1.62. The summed E-state index contributed by atoms with van der Waals surface area (Å²) < 4.78 is 1.47. The Bertz CT molecular complexity index is 650. The number of anilines is 1. The first-order valence-electron chi connectivity index (χ1n) is 6.29. The average Bonchev–Trinajstić information content (AvgIpc) is 2.76. The molecule has 0 radical (unpaired) electrons. The number of nitrogens with zero attached hydrogens (tertiary/aromatic N) is 2. The number of carbonyl (C=O) groups excluding carboxylic acids is 1. The third-order valence-electron chi connectivity index (χ3n) is 2.83. The molecule has 0 aliphatic carbocycles. The lowest BCUT2D eigenvalue weighted by Crippen LogP contribution is -2.37. The number of fused-ring (bicyclic) bond motifs is 1. The number of nitrogens with one attached hydrogen (secondary N) is 2. The molecule has 0 aliphatic rings. The molecule has 0 saturated carbocycles. The van der Waals surface area contributed by atoms with Gasteiger partial charge in [-0.1, -0.05) is 6.07 Å². The number of rotatable bonds is 5. The monoisotopic (exact) mass is 276 g/mol. The first kappa shape index (κ1) is 13.9. The zero-order valence-electron chi connectivity index (χ0n) is 11.3. The van der Waals surface area contributed by atoms with Gasteiger partial charge in [0.1, 0.15) is 11.7 Å². The van der Waals surface area contributed by atoms with Crippen LogP contribution in [0.4, 0.5) is 5.82 Å². The van der Waals surface area contributed by atoms with E-state index in [1.54, 1.807) is 31.3 Å². The van der Waals surface area contributed by atoms with Gasteiger partial charge < -0.3 is 15.7 Å². The Labute approximate surface area is 115 Å². The molecule has 0 aromatic carbocycles. The van der Waals surface area contributed by atoms with Crippen LogP contribution in [0.3, 0.4) is 0 Å². The van der Waals surface area contributed by atoms with Crippen LogP contribution in [-0.4, -0.2) is 39.0 Å². The largest absolute Gasteiger partial charge is 0.476 e. The molecule has 0 bridgehead atoms. The fraction of sp³-hybridized carbons (Fsp3) is 0.308. The summed E-state index contributed by atoms with van der Waals surface area (Å²) in [5, 5.41) is 14.8. The van der Waals surface area contributed by atoms with Gasteiger partial charge in [-0.15, -0.1) is 0 Å². The molecule has 106 valence electrons. The second-order valence-corrected chi connectivity index (χ2v) is 4.30. The number of imidazole rings is 1. The summed E-state index contributed by atoms with van der Waals surface area (Å²) in [5.41, 5.74) is 0.521. The van der Waals surface area contributed by atoms with Crippen LogP contribution in [-0.2, 0) is 4.79 Å². The minimum Gasteiger partial charge on any atom is -0.476 e. The Morgan fingerprint density at radius 1 is 1.45 bits per heavy atom. The van der Waals surface area contributed by atoms with Gasteiger partial charge in [0.2, 0.25) is 5.91 Å². The fourth-order valence-electron chi connectivity index (χ4n) is 1.90. The van der Waals surface area contributed by atoms with E-state index in [2.05, 4.69) is 15.6 Å². The molecule has 0 saturated heterocycles. The third-order valence-corrected chi connectivity index (χ3v) is 2.83. The number of amides is 1. The van der Waals surface area contributed by atoms with Crippen molar-refractivity contribution in [2.75, 3.05) is 11.9 Å². The van der Waals surface area contributed by atoms with Crippen LogP contribution in [0.15, 0.2) is 24.4 Å². The minimum atomic E-state index is -1.10. The highest BCUT2D eigenvalue weighted by Crippen LogP contribution is 2.18. The van der Waals surface area contributed by atoms with E-state index in [0.717, 1.165) is 0 Å². The lowest BCUT2D eigenvalue weighted by Gasteiger charge is -2.13. The van der Waals surface area contributed by atoms with E-state index in [0.29, 0.717) is 12.2 Å². The lowest BCUT2D eigenvalue weighted by molar-refractivity contribution is -0.121. The van der Waals surface area contributed by atoms with Crippen LogP contribution in [0, 0.1) is 0 Å². The van der Waals surface area contributed by atoms with Gasteiger partial charge in [-0.05, 0) is 26.0 Å². The quantitative estimate of drug-likeness (QED) is 0.756. The van der Waals surface area contributed by atoms with Crippen molar-refractivity contribution in [3.8, 4) is 0 Å². The molecule has 0 aliphatic heterocycles. The first-order chi connectivity index (χ1) is 9.54. The predicted molar refractivity (Wildman–Crippen MR) is 73.9 cm³/mol. The summed E-state index contributed by atoms with van der Waals surface area (Å²) in [5.74, 6) is -1.13. The summed E-state index contributed by atoms with van der Waals surface area (Å²) in [4.78, 5) is 27.3. The van der Waals surface area contributed by atoms with Gasteiger partial charge >= 0.3 is 5.97 Å². The topological polar surface area (TPSA) is 95.7 Å². The van der Waals surface area contributed by atoms with Gasteiger partial charge in [0.25, 0.3) is 0 Å². The highest BCUT2D eigenvalue weighted by molar-refractivity contribution is 5.94. The van der Waals surface area contributed by atoms with Crippen molar-refractivity contribution in [1.29, 1.82) is 0 Å². The zero-order chi connectivity index (χ0) is 14.7. The van der Waals surface area contributed by atoms with Gasteiger partial charge in [-0.25, -0.2) is 9.78 Å². The second kappa shape index (κ2) is 5.60. The highest BCUT2D eigenvalue weighted by atomic mass is 16.4. The van der Waals surface area contributed by atoms with Crippen molar-refractivity contribution < 1.29 is 14.7 Å². The number of hydrogen-bond donors (Lipinski definition) is 3. The smallest absolute Gasteiger partial charge is 0.356 e. The van der Waals surface area contributed by atoms with E-state index in [1.165, 1.54) is 4.40 Å². The Kier molecular flexibility index (Phi) is 3.88. The van der Waals surface area contributed by atoms with Crippen molar-refractivity contribution in [3.63, 3.8) is 0 Å². The molecular formula is C13H16N4O3. The van der Waals surface area contributed by atoms with Crippen LogP contribution >= 0.6 is 0 Å². The number of carboxylic acid groups (broad SMARTS) is 1. The Morgan fingerprint density at radius 3 is 2.85 bits per heavy atom. The SMILES string of the molecule is CCNC(=O)C(C)Nc1nc2ccccn2c1C(=O)O. The molecule has 7 heteroatoms.